The second-order valence-electron chi connectivity index (χ2n) is 5.76. The fourth-order valence-corrected chi connectivity index (χ4v) is 2.29. The second-order valence-corrected chi connectivity index (χ2v) is 5.76. The normalized spacial score (nSPS) is 12.5. The molecule has 0 aliphatic rings. The number of rotatable bonds is 7. The van der Waals surface area contributed by atoms with Crippen LogP contribution in [0.3, 0.4) is 0 Å². The predicted octanol–water partition coefficient (Wildman–Crippen LogP) is 4.15. The summed E-state index contributed by atoms with van der Waals surface area (Å²) in [5, 5.41) is 18.1. The van der Waals surface area contributed by atoms with Crippen LogP contribution in [0.15, 0.2) is 48.5 Å². The number of benzene rings is 2. The summed E-state index contributed by atoms with van der Waals surface area (Å²) in [6.45, 7) is -0.119. The van der Waals surface area contributed by atoms with Crippen LogP contribution < -0.4 is 9.47 Å². The number of alkyl halides is 6. The van der Waals surface area contributed by atoms with Crippen LogP contribution in [-0.2, 0) is 5.60 Å². The molecule has 5 nitrogen and oxygen atoms in total. The van der Waals surface area contributed by atoms with Crippen molar-refractivity contribution in [3.05, 3.63) is 59.7 Å². The molecule has 2 rings (SSSR count). The first kappa shape index (κ1) is 22.3. The number of carboxylic acids is 1. The lowest BCUT2D eigenvalue weighted by Crippen LogP contribution is -2.53. The van der Waals surface area contributed by atoms with Gasteiger partial charge in [0.15, 0.2) is 0 Å². The summed E-state index contributed by atoms with van der Waals surface area (Å²) in [7, 11) is 0. The van der Waals surface area contributed by atoms with Crippen molar-refractivity contribution in [2.45, 2.75) is 18.0 Å². The average Bonchev–Trinajstić information content (AvgIpc) is 2.63. The second kappa shape index (κ2) is 8.19. The summed E-state index contributed by atoms with van der Waals surface area (Å²) in [5.74, 6) is -0.800. The fraction of sp³-hybridized carbons (Fsp3) is 0.278. The van der Waals surface area contributed by atoms with Gasteiger partial charge in [0.1, 0.15) is 24.7 Å². The van der Waals surface area contributed by atoms with Crippen LogP contribution in [0.25, 0.3) is 0 Å². The molecule has 0 aliphatic carbocycles. The summed E-state index contributed by atoms with van der Waals surface area (Å²) >= 11 is 0. The minimum Gasteiger partial charge on any atom is -0.490 e. The maximum atomic E-state index is 12.8. The van der Waals surface area contributed by atoms with Crippen LogP contribution in [-0.4, -0.2) is 41.7 Å². The van der Waals surface area contributed by atoms with E-state index in [-0.39, 0.29) is 24.5 Å². The van der Waals surface area contributed by atoms with Crippen molar-refractivity contribution >= 4 is 5.97 Å². The molecule has 0 saturated carbocycles. The number of aliphatic hydroxyl groups is 1. The maximum absolute atomic E-state index is 12.8. The standard InChI is InChI=1S/C18H14F6O5/c19-17(20,21)16(27,18(22,23)24)12-3-7-14(8-4-12)29-10-9-28-13-5-1-11(2-6-13)15(25)26/h1-8,27H,9-10H2,(H,25,26). The number of carboxylic acid groups (broad SMARTS) is 1. The van der Waals surface area contributed by atoms with Gasteiger partial charge in [-0.2, -0.15) is 26.3 Å². The molecule has 0 aromatic heterocycles. The lowest BCUT2D eigenvalue weighted by Gasteiger charge is -2.32. The number of aromatic carboxylic acids is 1. The molecule has 2 N–H and O–H groups in total. The molecular formula is C18H14F6O5. The molecule has 0 atom stereocenters. The van der Waals surface area contributed by atoms with Gasteiger partial charge in [-0.15, -0.1) is 0 Å². The third-order valence-electron chi connectivity index (χ3n) is 3.81. The lowest BCUT2D eigenvalue weighted by molar-refractivity contribution is -0.376. The van der Waals surface area contributed by atoms with Crippen LogP contribution in [0.2, 0.25) is 0 Å². The summed E-state index contributed by atoms with van der Waals surface area (Å²) in [6, 6.07) is 8.13. The summed E-state index contributed by atoms with van der Waals surface area (Å²) in [5.41, 5.74) is -6.32. The van der Waals surface area contributed by atoms with Crippen molar-refractivity contribution in [3.8, 4) is 11.5 Å². The van der Waals surface area contributed by atoms with Gasteiger partial charge in [0.2, 0.25) is 0 Å². The SMILES string of the molecule is O=C(O)c1ccc(OCCOc2ccc(C(O)(C(F)(F)F)C(F)(F)F)cc2)cc1. The highest BCUT2D eigenvalue weighted by atomic mass is 19.4. The molecule has 158 valence electrons. The monoisotopic (exact) mass is 424 g/mol. The van der Waals surface area contributed by atoms with Crippen LogP contribution in [0.4, 0.5) is 26.3 Å². The molecule has 2 aromatic carbocycles. The Kier molecular flexibility index (Phi) is 6.31. The van der Waals surface area contributed by atoms with E-state index >= 15 is 0 Å². The number of carbonyl (C=O) groups is 1. The average molecular weight is 424 g/mol. The van der Waals surface area contributed by atoms with E-state index in [1.165, 1.54) is 24.3 Å². The largest absolute Gasteiger partial charge is 0.490 e. The number of halogens is 6. The molecule has 0 saturated heterocycles. The van der Waals surface area contributed by atoms with E-state index in [2.05, 4.69) is 0 Å². The van der Waals surface area contributed by atoms with Crippen molar-refractivity contribution in [3.63, 3.8) is 0 Å². The molecule has 0 aliphatic heterocycles. The van der Waals surface area contributed by atoms with Gasteiger partial charge in [0, 0.05) is 5.56 Å². The first-order valence-corrected chi connectivity index (χ1v) is 7.91. The van der Waals surface area contributed by atoms with Gasteiger partial charge in [-0.05, 0) is 36.4 Å². The van der Waals surface area contributed by atoms with Crippen LogP contribution in [0.5, 0.6) is 11.5 Å². The van der Waals surface area contributed by atoms with Gasteiger partial charge in [0.25, 0.3) is 5.60 Å². The molecule has 2 aromatic rings. The molecule has 0 fully saturated rings. The Morgan fingerprint density at radius 1 is 0.759 bits per heavy atom. The van der Waals surface area contributed by atoms with Crippen LogP contribution >= 0.6 is 0 Å². The van der Waals surface area contributed by atoms with E-state index in [0.29, 0.717) is 17.9 Å². The zero-order valence-corrected chi connectivity index (χ0v) is 14.4. The van der Waals surface area contributed by atoms with Gasteiger partial charge in [0.05, 0.1) is 5.56 Å². The highest BCUT2D eigenvalue weighted by molar-refractivity contribution is 5.87. The Labute approximate surface area is 160 Å². The molecule has 0 bridgehead atoms. The molecule has 0 radical (unpaired) electrons. The Morgan fingerprint density at radius 3 is 1.48 bits per heavy atom. The molecule has 11 heteroatoms. The van der Waals surface area contributed by atoms with Crippen molar-refractivity contribution in [2.24, 2.45) is 0 Å². The molecule has 0 unspecified atom stereocenters. The quantitative estimate of drug-likeness (QED) is 0.516. The van der Waals surface area contributed by atoms with E-state index in [4.69, 9.17) is 14.6 Å². The number of ether oxygens (including phenoxy) is 2. The van der Waals surface area contributed by atoms with Crippen molar-refractivity contribution in [2.75, 3.05) is 13.2 Å². The topological polar surface area (TPSA) is 76.0 Å². The third kappa shape index (κ3) is 4.91. The molecule has 0 amide bonds. The highest BCUT2D eigenvalue weighted by Crippen LogP contribution is 2.50. The van der Waals surface area contributed by atoms with Gasteiger partial charge >= 0.3 is 18.3 Å². The number of hydrogen-bond acceptors (Lipinski definition) is 4. The van der Waals surface area contributed by atoms with E-state index in [0.717, 1.165) is 12.1 Å². The molecule has 0 heterocycles. The molecule has 29 heavy (non-hydrogen) atoms. The van der Waals surface area contributed by atoms with Crippen LogP contribution in [0, 0.1) is 0 Å². The van der Waals surface area contributed by atoms with Crippen molar-refractivity contribution in [1.29, 1.82) is 0 Å². The van der Waals surface area contributed by atoms with Crippen LogP contribution in [0.1, 0.15) is 15.9 Å². The summed E-state index contributed by atoms with van der Waals surface area (Å²) in [6.07, 6.45) is -11.9. The zero-order valence-electron chi connectivity index (χ0n) is 14.4. The maximum Gasteiger partial charge on any atom is 0.430 e. The number of hydrogen-bond donors (Lipinski definition) is 2. The van der Waals surface area contributed by atoms with Gasteiger partial charge < -0.3 is 19.7 Å². The Bertz CT molecular complexity index is 814. The van der Waals surface area contributed by atoms with Gasteiger partial charge in [-0.25, -0.2) is 4.79 Å². The summed E-state index contributed by atoms with van der Waals surface area (Å²) < 4.78 is 87.3. The van der Waals surface area contributed by atoms with E-state index in [9.17, 15) is 36.2 Å². The fourth-order valence-electron chi connectivity index (χ4n) is 2.29. The molecular weight excluding hydrogens is 410 g/mol. The molecule has 0 spiro atoms. The zero-order chi connectivity index (χ0) is 21.9. The highest BCUT2D eigenvalue weighted by Gasteiger charge is 2.71. The third-order valence-corrected chi connectivity index (χ3v) is 3.81. The summed E-state index contributed by atoms with van der Waals surface area (Å²) in [4.78, 5) is 10.7. The first-order chi connectivity index (χ1) is 13.4. The van der Waals surface area contributed by atoms with Crippen molar-refractivity contribution in [1.82, 2.24) is 0 Å². The van der Waals surface area contributed by atoms with E-state index in [1.54, 1.807) is 0 Å². The van der Waals surface area contributed by atoms with Gasteiger partial charge in [-0.3, -0.25) is 0 Å². The predicted molar refractivity (Wildman–Crippen MR) is 86.8 cm³/mol. The Balaban J connectivity index is 1.96. The smallest absolute Gasteiger partial charge is 0.430 e. The lowest BCUT2D eigenvalue weighted by atomic mass is 9.92. The minimum absolute atomic E-state index is 0.0246. The van der Waals surface area contributed by atoms with E-state index < -0.39 is 29.5 Å². The van der Waals surface area contributed by atoms with Crippen molar-refractivity contribution < 1.29 is 50.8 Å². The Hall–Kier alpha value is -2.95. The Morgan fingerprint density at radius 2 is 1.14 bits per heavy atom. The minimum atomic E-state index is -5.96. The van der Waals surface area contributed by atoms with Gasteiger partial charge in [-0.1, -0.05) is 12.1 Å². The first-order valence-electron chi connectivity index (χ1n) is 7.91. The van der Waals surface area contributed by atoms with E-state index in [1.807, 2.05) is 0 Å².